The molecule has 1 aromatic carbocycles. The lowest BCUT2D eigenvalue weighted by Gasteiger charge is -2.08. The van der Waals surface area contributed by atoms with Crippen molar-refractivity contribution in [3.63, 3.8) is 0 Å². The van der Waals surface area contributed by atoms with Crippen LogP contribution in [0.1, 0.15) is 5.56 Å². The van der Waals surface area contributed by atoms with Crippen molar-refractivity contribution in [1.29, 1.82) is 0 Å². The number of ether oxygens (including phenoxy) is 3. The number of rotatable bonds is 4. The lowest BCUT2D eigenvalue weighted by atomic mass is 10.3. The van der Waals surface area contributed by atoms with Crippen LogP contribution in [-0.4, -0.2) is 30.1 Å². The summed E-state index contributed by atoms with van der Waals surface area (Å²) >= 11 is 0. The minimum atomic E-state index is 0.199. The average molecular weight is 288 g/mol. The van der Waals surface area contributed by atoms with Crippen LogP contribution in [0.5, 0.6) is 23.1 Å². The quantitative estimate of drug-likeness (QED) is 0.672. The monoisotopic (exact) mass is 288 g/mol. The number of oxime groups is 1. The molecule has 0 saturated carbocycles. The molecule has 0 amide bonds. The maximum atomic E-state index is 5.78. The first-order valence-electron chi connectivity index (χ1n) is 6.02. The molecule has 0 unspecified atom stereocenters. The third kappa shape index (κ3) is 2.64. The van der Waals surface area contributed by atoms with Gasteiger partial charge in [0.2, 0.25) is 12.7 Å². The summed E-state index contributed by atoms with van der Waals surface area (Å²) in [7, 11) is 1.43. The number of hydrogen-bond acceptors (Lipinski definition) is 8. The minimum Gasteiger partial charge on any atom is -0.454 e. The normalized spacial score (nSPS) is 12.6. The standard InChI is InChI=1S/C13H12N4O4/c1-18-17-5-9-12(14)15-6-16-13(9)21-8-2-3-10-11(4-8)20-7-19-10/h2-6H,7H2,1H3,(H2,14,15,16)/b17-5+. The fraction of sp³-hybridized carbons (Fsp3) is 0.154. The zero-order chi connectivity index (χ0) is 14.7. The van der Waals surface area contributed by atoms with E-state index in [0.29, 0.717) is 22.8 Å². The summed E-state index contributed by atoms with van der Waals surface area (Å²) in [6, 6.07) is 5.20. The number of benzene rings is 1. The number of anilines is 1. The first-order valence-corrected chi connectivity index (χ1v) is 6.02. The van der Waals surface area contributed by atoms with E-state index in [-0.39, 0.29) is 18.5 Å². The van der Waals surface area contributed by atoms with Gasteiger partial charge in [-0.3, -0.25) is 0 Å². The zero-order valence-corrected chi connectivity index (χ0v) is 11.1. The smallest absolute Gasteiger partial charge is 0.233 e. The van der Waals surface area contributed by atoms with E-state index in [1.165, 1.54) is 19.7 Å². The summed E-state index contributed by atoms with van der Waals surface area (Å²) in [6.45, 7) is 0.199. The number of nitrogens with zero attached hydrogens (tertiary/aromatic N) is 3. The van der Waals surface area contributed by atoms with Gasteiger partial charge in [0, 0.05) is 6.07 Å². The molecular formula is C13H12N4O4. The van der Waals surface area contributed by atoms with Crippen molar-refractivity contribution in [3.05, 3.63) is 30.1 Å². The second-order valence-electron chi connectivity index (χ2n) is 4.01. The molecule has 1 aliphatic rings. The summed E-state index contributed by atoms with van der Waals surface area (Å²) in [5.74, 6) is 2.32. The van der Waals surface area contributed by atoms with E-state index in [1.54, 1.807) is 18.2 Å². The van der Waals surface area contributed by atoms with Crippen molar-refractivity contribution >= 4 is 12.0 Å². The van der Waals surface area contributed by atoms with Gasteiger partial charge in [0.05, 0.1) is 6.21 Å². The largest absolute Gasteiger partial charge is 0.454 e. The summed E-state index contributed by atoms with van der Waals surface area (Å²) in [5.41, 5.74) is 6.21. The average Bonchev–Trinajstić information content (AvgIpc) is 2.94. The van der Waals surface area contributed by atoms with E-state index in [0.717, 1.165) is 0 Å². The Labute approximate surface area is 120 Å². The summed E-state index contributed by atoms with van der Waals surface area (Å²) < 4.78 is 16.2. The van der Waals surface area contributed by atoms with Gasteiger partial charge >= 0.3 is 0 Å². The Hall–Kier alpha value is -3.03. The van der Waals surface area contributed by atoms with Crippen LogP contribution in [0.3, 0.4) is 0 Å². The number of nitrogen functional groups attached to an aromatic ring is 1. The molecule has 0 fully saturated rings. The second kappa shape index (κ2) is 5.53. The molecule has 0 saturated heterocycles. The highest BCUT2D eigenvalue weighted by molar-refractivity contribution is 5.88. The van der Waals surface area contributed by atoms with Gasteiger partial charge in [0.1, 0.15) is 30.6 Å². The summed E-state index contributed by atoms with van der Waals surface area (Å²) in [5, 5.41) is 3.65. The predicted octanol–water partition coefficient (Wildman–Crippen LogP) is 1.56. The van der Waals surface area contributed by atoms with E-state index < -0.39 is 0 Å². The van der Waals surface area contributed by atoms with Gasteiger partial charge in [0.25, 0.3) is 0 Å². The molecular weight excluding hydrogens is 276 g/mol. The van der Waals surface area contributed by atoms with Gasteiger partial charge in [-0.05, 0) is 12.1 Å². The van der Waals surface area contributed by atoms with Crippen molar-refractivity contribution < 1.29 is 19.0 Å². The first-order chi connectivity index (χ1) is 10.3. The highest BCUT2D eigenvalue weighted by atomic mass is 16.7. The Morgan fingerprint density at radius 3 is 3.00 bits per heavy atom. The minimum absolute atomic E-state index is 0.199. The molecule has 2 N–H and O–H groups in total. The van der Waals surface area contributed by atoms with Gasteiger partial charge in [-0.25, -0.2) is 9.97 Å². The third-order valence-corrected chi connectivity index (χ3v) is 2.72. The number of fused-ring (bicyclic) bond motifs is 1. The van der Waals surface area contributed by atoms with Crippen LogP contribution < -0.4 is 19.9 Å². The molecule has 1 aromatic heterocycles. The lowest BCUT2D eigenvalue weighted by Crippen LogP contribution is -2.02. The van der Waals surface area contributed by atoms with Crippen LogP contribution in [-0.2, 0) is 4.84 Å². The maximum Gasteiger partial charge on any atom is 0.233 e. The van der Waals surface area contributed by atoms with Crippen LogP contribution in [0.2, 0.25) is 0 Å². The van der Waals surface area contributed by atoms with Crippen molar-refractivity contribution in [2.45, 2.75) is 0 Å². The molecule has 0 spiro atoms. The lowest BCUT2D eigenvalue weighted by molar-refractivity contribution is 0.174. The molecule has 0 aliphatic carbocycles. The van der Waals surface area contributed by atoms with Gasteiger partial charge in [0.15, 0.2) is 11.5 Å². The molecule has 2 aromatic rings. The Balaban J connectivity index is 1.91. The van der Waals surface area contributed by atoms with Crippen LogP contribution >= 0.6 is 0 Å². The Morgan fingerprint density at radius 1 is 1.29 bits per heavy atom. The maximum absolute atomic E-state index is 5.78. The van der Waals surface area contributed by atoms with Gasteiger partial charge < -0.3 is 24.8 Å². The Morgan fingerprint density at radius 2 is 2.14 bits per heavy atom. The highest BCUT2D eigenvalue weighted by Gasteiger charge is 2.16. The summed E-state index contributed by atoms with van der Waals surface area (Å²) in [6.07, 6.45) is 2.69. The van der Waals surface area contributed by atoms with E-state index in [1.807, 2.05) is 0 Å². The van der Waals surface area contributed by atoms with E-state index in [2.05, 4.69) is 20.0 Å². The van der Waals surface area contributed by atoms with Crippen LogP contribution in [0.4, 0.5) is 5.82 Å². The van der Waals surface area contributed by atoms with Gasteiger partial charge in [-0.1, -0.05) is 5.16 Å². The molecule has 0 bridgehead atoms. The zero-order valence-electron chi connectivity index (χ0n) is 11.1. The molecule has 8 heteroatoms. The van der Waals surface area contributed by atoms with Crippen molar-refractivity contribution in [1.82, 2.24) is 9.97 Å². The van der Waals surface area contributed by atoms with Crippen molar-refractivity contribution in [3.8, 4) is 23.1 Å². The molecule has 0 radical (unpaired) electrons. The fourth-order valence-corrected chi connectivity index (χ4v) is 1.75. The van der Waals surface area contributed by atoms with E-state index in [9.17, 15) is 0 Å². The van der Waals surface area contributed by atoms with E-state index in [4.69, 9.17) is 19.9 Å². The second-order valence-corrected chi connectivity index (χ2v) is 4.01. The first kappa shape index (κ1) is 13.0. The SMILES string of the molecule is CO/N=C/c1c(N)ncnc1Oc1ccc2c(c1)OCO2. The number of aromatic nitrogens is 2. The molecule has 0 atom stereocenters. The third-order valence-electron chi connectivity index (χ3n) is 2.72. The topological polar surface area (TPSA) is 101 Å². The van der Waals surface area contributed by atoms with Crippen LogP contribution in [0.15, 0.2) is 29.7 Å². The molecule has 3 rings (SSSR count). The molecule has 1 aliphatic heterocycles. The fourth-order valence-electron chi connectivity index (χ4n) is 1.75. The van der Waals surface area contributed by atoms with E-state index >= 15 is 0 Å². The Kier molecular flexibility index (Phi) is 3.42. The molecule has 8 nitrogen and oxygen atoms in total. The van der Waals surface area contributed by atoms with Crippen molar-refractivity contribution in [2.24, 2.45) is 5.16 Å². The van der Waals surface area contributed by atoms with Crippen LogP contribution in [0.25, 0.3) is 0 Å². The molecule has 108 valence electrons. The predicted molar refractivity (Wildman–Crippen MR) is 73.7 cm³/mol. The highest BCUT2D eigenvalue weighted by Crippen LogP contribution is 2.36. The van der Waals surface area contributed by atoms with Crippen molar-refractivity contribution in [2.75, 3.05) is 19.6 Å². The van der Waals surface area contributed by atoms with Gasteiger partial charge in [-0.2, -0.15) is 0 Å². The Bertz CT molecular complexity index is 690. The van der Waals surface area contributed by atoms with Crippen LogP contribution in [0, 0.1) is 0 Å². The van der Waals surface area contributed by atoms with Gasteiger partial charge in [-0.15, -0.1) is 0 Å². The number of nitrogens with two attached hydrogens (primary N) is 1. The summed E-state index contributed by atoms with van der Waals surface area (Å²) in [4.78, 5) is 12.6. The molecule has 21 heavy (non-hydrogen) atoms. The molecule has 2 heterocycles. The number of hydrogen-bond donors (Lipinski definition) is 1.